The molecule has 0 bridgehead atoms. The molecule has 138 valence electrons. The second-order valence-corrected chi connectivity index (χ2v) is 6.91. The Morgan fingerprint density at radius 2 is 1.67 bits per heavy atom. The van der Waals surface area contributed by atoms with Crippen LogP contribution in [0.25, 0.3) is 11.1 Å². The Hall–Kier alpha value is -2.78. The SMILES string of the molecule is Cc1cc(Cl)ccc1OCC(=O)N[C@@H](C)c1ccc(-c2ccccc2)cc1. The van der Waals surface area contributed by atoms with Gasteiger partial charge < -0.3 is 10.1 Å². The summed E-state index contributed by atoms with van der Waals surface area (Å²) in [4.78, 5) is 12.2. The molecule has 0 aromatic heterocycles. The number of hydrogen-bond acceptors (Lipinski definition) is 2. The van der Waals surface area contributed by atoms with Gasteiger partial charge in [-0.15, -0.1) is 0 Å². The minimum Gasteiger partial charge on any atom is -0.484 e. The molecule has 1 amide bonds. The second kappa shape index (κ2) is 8.74. The summed E-state index contributed by atoms with van der Waals surface area (Å²) in [5, 5.41) is 3.62. The van der Waals surface area contributed by atoms with E-state index in [0.717, 1.165) is 16.7 Å². The fourth-order valence-corrected chi connectivity index (χ4v) is 3.11. The molecule has 3 rings (SSSR count). The summed E-state index contributed by atoms with van der Waals surface area (Å²) in [6.07, 6.45) is 0. The molecular weight excluding hydrogens is 358 g/mol. The fraction of sp³-hybridized carbons (Fsp3) is 0.174. The molecule has 0 aliphatic carbocycles. The van der Waals surface area contributed by atoms with Crippen LogP contribution < -0.4 is 10.1 Å². The van der Waals surface area contributed by atoms with Gasteiger partial charge in [-0.3, -0.25) is 4.79 Å². The van der Waals surface area contributed by atoms with Crippen LogP contribution in [0.5, 0.6) is 5.75 Å². The summed E-state index contributed by atoms with van der Waals surface area (Å²) in [7, 11) is 0. The number of aryl methyl sites for hydroxylation is 1. The molecule has 0 unspecified atom stereocenters. The first-order valence-electron chi connectivity index (χ1n) is 8.86. The molecule has 3 aromatic carbocycles. The van der Waals surface area contributed by atoms with E-state index in [1.165, 1.54) is 5.56 Å². The number of carbonyl (C=O) groups excluding carboxylic acids is 1. The molecule has 3 aromatic rings. The van der Waals surface area contributed by atoms with Gasteiger partial charge in [0, 0.05) is 5.02 Å². The van der Waals surface area contributed by atoms with E-state index in [9.17, 15) is 4.79 Å². The predicted octanol–water partition coefficient (Wildman–Crippen LogP) is 5.57. The minimum atomic E-state index is -0.163. The van der Waals surface area contributed by atoms with Crippen LogP contribution >= 0.6 is 11.6 Å². The van der Waals surface area contributed by atoms with E-state index < -0.39 is 0 Å². The first-order valence-corrected chi connectivity index (χ1v) is 9.24. The topological polar surface area (TPSA) is 38.3 Å². The number of hydrogen-bond donors (Lipinski definition) is 1. The van der Waals surface area contributed by atoms with E-state index in [4.69, 9.17) is 16.3 Å². The summed E-state index contributed by atoms with van der Waals surface area (Å²) in [6.45, 7) is 3.83. The molecule has 27 heavy (non-hydrogen) atoms. The van der Waals surface area contributed by atoms with Gasteiger partial charge in [0.15, 0.2) is 6.61 Å². The molecule has 0 saturated carbocycles. The number of benzene rings is 3. The molecule has 0 aliphatic heterocycles. The van der Waals surface area contributed by atoms with Crippen LogP contribution in [0, 0.1) is 6.92 Å². The highest BCUT2D eigenvalue weighted by Crippen LogP contribution is 2.23. The number of rotatable bonds is 6. The van der Waals surface area contributed by atoms with Crippen molar-refractivity contribution < 1.29 is 9.53 Å². The van der Waals surface area contributed by atoms with Crippen LogP contribution in [0.3, 0.4) is 0 Å². The van der Waals surface area contributed by atoms with Gasteiger partial charge in [-0.25, -0.2) is 0 Å². The number of ether oxygens (including phenoxy) is 1. The van der Waals surface area contributed by atoms with Crippen molar-refractivity contribution >= 4 is 17.5 Å². The summed E-state index contributed by atoms with van der Waals surface area (Å²) in [5.74, 6) is 0.499. The number of nitrogens with one attached hydrogen (secondary N) is 1. The minimum absolute atomic E-state index is 0.0328. The van der Waals surface area contributed by atoms with Gasteiger partial charge in [0.2, 0.25) is 0 Å². The lowest BCUT2D eigenvalue weighted by atomic mass is 10.0. The van der Waals surface area contributed by atoms with E-state index in [1.807, 2.05) is 50.2 Å². The van der Waals surface area contributed by atoms with Crippen LogP contribution in [0.4, 0.5) is 0 Å². The van der Waals surface area contributed by atoms with E-state index >= 15 is 0 Å². The highest BCUT2D eigenvalue weighted by atomic mass is 35.5. The van der Waals surface area contributed by atoms with Crippen LogP contribution in [-0.4, -0.2) is 12.5 Å². The van der Waals surface area contributed by atoms with E-state index in [-0.39, 0.29) is 18.6 Å². The zero-order valence-corrected chi connectivity index (χ0v) is 16.2. The Morgan fingerprint density at radius 1 is 1.00 bits per heavy atom. The molecule has 3 nitrogen and oxygen atoms in total. The third-order valence-corrected chi connectivity index (χ3v) is 4.63. The fourth-order valence-electron chi connectivity index (χ4n) is 2.88. The smallest absolute Gasteiger partial charge is 0.258 e. The Kier molecular flexibility index (Phi) is 6.15. The highest BCUT2D eigenvalue weighted by molar-refractivity contribution is 6.30. The summed E-state index contributed by atoms with van der Waals surface area (Å²) >= 11 is 5.93. The van der Waals surface area contributed by atoms with Crippen molar-refractivity contribution in [1.29, 1.82) is 0 Å². The first-order chi connectivity index (χ1) is 13.0. The molecule has 0 spiro atoms. The molecule has 0 heterocycles. The number of amides is 1. The van der Waals surface area contributed by atoms with Gasteiger partial charge in [0.05, 0.1) is 6.04 Å². The van der Waals surface area contributed by atoms with Crippen molar-refractivity contribution in [3.8, 4) is 16.9 Å². The van der Waals surface area contributed by atoms with Gasteiger partial charge in [-0.2, -0.15) is 0 Å². The maximum atomic E-state index is 12.2. The van der Waals surface area contributed by atoms with Crippen molar-refractivity contribution in [3.63, 3.8) is 0 Å². The molecule has 1 N–H and O–H groups in total. The van der Waals surface area contributed by atoms with Crippen molar-refractivity contribution in [2.24, 2.45) is 0 Å². The number of halogens is 1. The van der Waals surface area contributed by atoms with Crippen molar-refractivity contribution in [1.82, 2.24) is 5.32 Å². The second-order valence-electron chi connectivity index (χ2n) is 6.48. The standard InChI is InChI=1S/C23H22ClNO2/c1-16-14-21(24)12-13-22(16)27-15-23(26)25-17(2)18-8-10-20(11-9-18)19-6-4-3-5-7-19/h3-14,17H,15H2,1-2H3,(H,25,26)/t17-/m0/s1. The molecule has 0 saturated heterocycles. The maximum absolute atomic E-state index is 12.2. The summed E-state index contributed by atoms with van der Waals surface area (Å²) in [6, 6.07) is 23.7. The Morgan fingerprint density at radius 3 is 2.33 bits per heavy atom. The van der Waals surface area contributed by atoms with Gasteiger partial charge in [-0.1, -0.05) is 66.2 Å². The largest absolute Gasteiger partial charge is 0.484 e. The Bertz CT molecular complexity index is 907. The van der Waals surface area contributed by atoms with Crippen LogP contribution in [0.15, 0.2) is 72.8 Å². The third-order valence-electron chi connectivity index (χ3n) is 4.39. The zero-order valence-electron chi connectivity index (χ0n) is 15.4. The van der Waals surface area contributed by atoms with E-state index in [1.54, 1.807) is 12.1 Å². The Balaban J connectivity index is 1.56. The monoisotopic (exact) mass is 379 g/mol. The van der Waals surface area contributed by atoms with Crippen LogP contribution in [-0.2, 0) is 4.79 Å². The zero-order chi connectivity index (χ0) is 19.2. The third kappa shape index (κ3) is 5.11. The lowest BCUT2D eigenvalue weighted by Crippen LogP contribution is -2.31. The van der Waals surface area contributed by atoms with Crippen molar-refractivity contribution in [2.75, 3.05) is 6.61 Å². The van der Waals surface area contributed by atoms with Gasteiger partial charge in [-0.05, 0) is 54.3 Å². The first kappa shape index (κ1) is 19.0. The average Bonchev–Trinajstić information content (AvgIpc) is 2.68. The quantitative estimate of drug-likeness (QED) is 0.607. The van der Waals surface area contributed by atoms with Crippen molar-refractivity contribution in [3.05, 3.63) is 88.9 Å². The molecule has 0 fully saturated rings. The summed E-state index contributed by atoms with van der Waals surface area (Å²) < 4.78 is 5.60. The van der Waals surface area contributed by atoms with Crippen LogP contribution in [0.2, 0.25) is 5.02 Å². The predicted molar refractivity (Wildman–Crippen MR) is 110 cm³/mol. The summed E-state index contributed by atoms with van der Waals surface area (Å²) in [5.41, 5.74) is 4.28. The molecular formula is C23H22ClNO2. The lowest BCUT2D eigenvalue weighted by Gasteiger charge is -2.16. The highest BCUT2D eigenvalue weighted by Gasteiger charge is 2.11. The molecule has 1 atom stereocenters. The van der Waals surface area contributed by atoms with Gasteiger partial charge >= 0.3 is 0 Å². The average molecular weight is 380 g/mol. The normalized spacial score (nSPS) is 11.7. The maximum Gasteiger partial charge on any atom is 0.258 e. The molecule has 0 aliphatic rings. The number of carbonyl (C=O) groups is 1. The van der Waals surface area contributed by atoms with Crippen molar-refractivity contribution in [2.45, 2.75) is 19.9 Å². The molecule has 0 radical (unpaired) electrons. The van der Waals surface area contributed by atoms with Gasteiger partial charge in [0.25, 0.3) is 5.91 Å². The lowest BCUT2D eigenvalue weighted by molar-refractivity contribution is -0.123. The van der Waals surface area contributed by atoms with E-state index in [2.05, 4.69) is 29.6 Å². The van der Waals surface area contributed by atoms with Gasteiger partial charge in [0.1, 0.15) is 5.75 Å². The molecule has 4 heteroatoms. The van der Waals surface area contributed by atoms with E-state index in [0.29, 0.717) is 10.8 Å². The Labute approximate surface area is 164 Å². The van der Waals surface area contributed by atoms with Crippen LogP contribution in [0.1, 0.15) is 24.1 Å².